The molecule has 88 valence electrons. The lowest BCUT2D eigenvalue weighted by Gasteiger charge is -2.20. The second-order valence-corrected chi connectivity index (χ2v) is 4.48. The Hall–Kier alpha value is -1.35. The van der Waals surface area contributed by atoms with Crippen molar-refractivity contribution in [3.8, 4) is 0 Å². The molecule has 0 radical (unpaired) electrons. The molecule has 3 heteroatoms. The smallest absolute Gasteiger partial charge is 0.253 e. The molecule has 16 heavy (non-hydrogen) atoms. The Morgan fingerprint density at radius 2 is 2.06 bits per heavy atom. The molecule has 1 unspecified atom stereocenters. The molecule has 0 fully saturated rings. The zero-order valence-electron chi connectivity index (χ0n) is 10.4. The van der Waals surface area contributed by atoms with Gasteiger partial charge in [-0.2, -0.15) is 0 Å². The van der Waals surface area contributed by atoms with Crippen molar-refractivity contribution in [3.63, 3.8) is 0 Å². The van der Waals surface area contributed by atoms with Crippen LogP contribution in [0.2, 0.25) is 0 Å². The summed E-state index contributed by atoms with van der Waals surface area (Å²) in [6, 6.07) is 5.86. The average molecular weight is 220 g/mol. The highest BCUT2D eigenvalue weighted by Gasteiger charge is 2.14. The van der Waals surface area contributed by atoms with Gasteiger partial charge in [0.25, 0.3) is 5.91 Å². The lowest BCUT2D eigenvalue weighted by atomic mass is 10.0. The van der Waals surface area contributed by atoms with Crippen molar-refractivity contribution in [3.05, 3.63) is 34.9 Å². The van der Waals surface area contributed by atoms with Crippen LogP contribution >= 0.6 is 0 Å². The number of aryl methyl sites for hydroxylation is 2. The number of hydrogen-bond acceptors (Lipinski definition) is 2. The van der Waals surface area contributed by atoms with Crippen molar-refractivity contribution in [2.45, 2.75) is 26.8 Å². The quantitative estimate of drug-likeness (QED) is 0.843. The number of rotatable bonds is 3. The van der Waals surface area contributed by atoms with Gasteiger partial charge in [-0.15, -0.1) is 0 Å². The summed E-state index contributed by atoms with van der Waals surface area (Å²) in [6.45, 7) is 6.45. The maximum atomic E-state index is 12.1. The van der Waals surface area contributed by atoms with E-state index >= 15 is 0 Å². The van der Waals surface area contributed by atoms with Gasteiger partial charge >= 0.3 is 0 Å². The first-order chi connectivity index (χ1) is 7.41. The summed E-state index contributed by atoms with van der Waals surface area (Å²) in [5.41, 5.74) is 8.62. The third kappa shape index (κ3) is 3.07. The highest BCUT2D eigenvalue weighted by Crippen LogP contribution is 2.12. The van der Waals surface area contributed by atoms with Crippen LogP contribution in [-0.4, -0.2) is 30.4 Å². The number of amides is 1. The summed E-state index contributed by atoms with van der Waals surface area (Å²) in [7, 11) is 1.78. The maximum Gasteiger partial charge on any atom is 0.253 e. The third-order valence-electron chi connectivity index (χ3n) is 2.52. The monoisotopic (exact) mass is 220 g/mol. The molecule has 0 aliphatic carbocycles. The summed E-state index contributed by atoms with van der Waals surface area (Å²) in [5.74, 6) is 0.0369. The number of benzene rings is 1. The van der Waals surface area contributed by atoms with E-state index in [1.165, 1.54) is 5.56 Å². The first-order valence-corrected chi connectivity index (χ1v) is 5.50. The third-order valence-corrected chi connectivity index (χ3v) is 2.52. The summed E-state index contributed by atoms with van der Waals surface area (Å²) >= 11 is 0. The standard InChI is InChI=1S/C13H20N2O/c1-9-5-6-12(10(2)7-9)13(16)15(4)8-11(3)14/h5-7,11H,8,14H2,1-4H3. The minimum Gasteiger partial charge on any atom is -0.340 e. The van der Waals surface area contributed by atoms with Crippen molar-refractivity contribution < 1.29 is 4.79 Å². The Balaban J connectivity index is 2.88. The second kappa shape index (κ2) is 5.12. The molecule has 0 aliphatic rings. The van der Waals surface area contributed by atoms with E-state index in [1.54, 1.807) is 11.9 Å². The second-order valence-electron chi connectivity index (χ2n) is 4.48. The fourth-order valence-corrected chi connectivity index (χ4v) is 1.77. The van der Waals surface area contributed by atoms with Crippen LogP contribution in [-0.2, 0) is 0 Å². The van der Waals surface area contributed by atoms with Crippen molar-refractivity contribution in [2.24, 2.45) is 5.73 Å². The van der Waals surface area contributed by atoms with E-state index in [0.29, 0.717) is 6.54 Å². The van der Waals surface area contributed by atoms with Crippen LogP contribution < -0.4 is 5.73 Å². The maximum absolute atomic E-state index is 12.1. The van der Waals surface area contributed by atoms with E-state index in [2.05, 4.69) is 0 Å². The van der Waals surface area contributed by atoms with Crippen LogP contribution in [0, 0.1) is 13.8 Å². The molecule has 1 aromatic carbocycles. The van der Waals surface area contributed by atoms with Gasteiger partial charge in [0.15, 0.2) is 0 Å². The van der Waals surface area contributed by atoms with Gasteiger partial charge in [0, 0.05) is 25.2 Å². The Morgan fingerprint density at radius 3 is 2.56 bits per heavy atom. The van der Waals surface area contributed by atoms with Crippen LogP contribution in [0.1, 0.15) is 28.4 Å². The van der Waals surface area contributed by atoms with E-state index in [-0.39, 0.29) is 11.9 Å². The lowest BCUT2D eigenvalue weighted by molar-refractivity contribution is 0.0788. The van der Waals surface area contributed by atoms with Crippen molar-refractivity contribution in [2.75, 3.05) is 13.6 Å². The van der Waals surface area contributed by atoms with Crippen LogP contribution in [0.3, 0.4) is 0 Å². The fraction of sp³-hybridized carbons (Fsp3) is 0.462. The number of nitrogens with two attached hydrogens (primary N) is 1. The molecule has 1 rings (SSSR count). The van der Waals surface area contributed by atoms with E-state index in [9.17, 15) is 4.79 Å². The highest BCUT2D eigenvalue weighted by molar-refractivity contribution is 5.95. The SMILES string of the molecule is Cc1ccc(C(=O)N(C)CC(C)N)c(C)c1. The molecule has 2 N–H and O–H groups in total. The largest absolute Gasteiger partial charge is 0.340 e. The molecule has 0 spiro atoms. The molecule has 3 nitrogen and oxygen atoms in total. The zero-order valence-corrected chi connectivity index (χ0v) is 10.4. The molecule has 0 aliphatic heterocycles. The Bertz CT molecular complexity index is 386. The van der Waals surface area contributed by atoms with Gasteiger partial charge in [0.05, 0.1) is 0 Å². The summed E-state index contributed by atoms with van der Waals surface area (Å²) in [6.07, 6.45) is 0. The minimum absolute atomic E-state index is 0.000274. The minimum atomic E-state index is -0.000274. The fourth-order valence-electron chi connectivity index (χ4n) is 1.77. The number of carbonyl (C=O) groups excluding carboxylic acids is 1. The zero-order chi connectivity index (χ0) is 12.3. The van der Waals surface area contributed by atoms with Crippen LogP contribution in [0.4, 0.5) is 0 Å². The first kappa shape index (κ1) is 12.7. The summed E-state index contributed by atoms with van der Waals surface area (Å²) < 4.78 is 0. The van der Waals surface area contributed by atoms with Gasteiger partial charge in [-0.25, -0.2) is 0 Å². The van der Waals surface area contributed by atoms with Gasteiger partial charge < -0.3 is 10.6 Å². The van der Waals surface area contributed by atoms with Crippen molar-refractivity contribution >= 4 is 5.91 Å². The van der Waals surface area contributed by atoms with E-state index in [4.69, 9.17) is 5.73 Å². The molecule has 1 atom stereocenters. The summed E-state index contributed by atoms with van der Waals surface area (Å²) in [5, 5.41) is 0. The van der Waals surface area contributed by atoms with E-state index < -0.39 is 0 Å². The Labute approximate surface area is 97.2 Å². The first-order valence-electron chi connectivity index (χ1n) is 5.50. The average Bonchev–Trinajstić information content (AvgIpc) is 2.15. The Kier molecular flexibility index (Phi) is 4.07. The van der Waals surface area contributed by atoms with E-state index in [0.717, 1.165) is 11.1 Å². The van der Waals surface area contributed by atoms with Crippen LogP contribution in [0.15, 0.2) is 18.2 Å². The lowest BCUT2D eigenvalue weighted by Crippen LogP contribution is -2.37. The Morgan fingerprint density at radius 1 is 1.44 bits per heavy atom. The van der Waals surface area contributed by atoms with Crippen molar-refractivity contribution in [1.29, 1.82) is 0 Å². The normalized spacial score (nSPS) is 12.3. The number of likely N-dealkylation sites (N-methyl/N-ethyl adjacent to an activating group) is 1. The predicted molar refractivity (Wildman–Crippen MR) is 66.5 cm³/mol. The molecular formula is C13H20N2O. The number of nitrogens with zero attached hydrogens (tertiary/aromatic N) is 1. The number of hydrogen-bond donors (Lipinski definition) is 1. The van der Waals surface area contributed by atoms with Gasteiger partial charge in [-0.1, -0.05) is 17.7 Å². The molecule has 0 bridgehead atoms. The summed E-state index contributed by atoms with van der Waals surface area (Å²) in [4.78, 5) is 13.8. The van der Waals surface area contributed by atoms with Gasteiger partial charge in [0.1, 0.15) is 0 Å². The molecule has 0 saturated carbocycles. The van der Waals surface area contributed by atoms with Gasteiger partial charge in [-0.05, 0) is 32.4 Å². The van der Waals surface area contributed by atoms with E-state index in [1.807, 2.05) is 39.0 Å². The molecule has 0 saturated heterocycles. The molecule has 1 aromatic rings. The van der Waals surface area contributed by atoms with Crippen molar-refractivity contribution in [1.82, 2.24) is 4.90 Å². The predicted octanol–water partition coefficient (Wildman–Crippen LogP) is 1.72. The molecule has 1 amide bonds. The molecule has 0 heterocycles. The van der Waals surface area contributed by atoms with Gasteiger partial charge in [0.2, 0.25) is 0 Å². The highest BCUT2D eigenvalue weighted by atomic mass is 16.2. The number of carbonyl (C=O) groups is 1. The van der Waals surface area contributed by atoms with Crippen LogP contribution in [0.25, 0.3) is 0 Å². The van der Waals surface area contributed by atoms with Crippen LogP contribution in [0.5, 0.6) is 0 Å². The molecular weight excluding hydrogens is 200 g/mol. The molecule has 0 aromatic heterocycles. The van der Waals surface area contributed by atoms with Gasteiger partial charge in [-0.3, -0.25) is 4.79 Å². The topological polar surface area (TPSA) is 46.3 Å².